The lowest BCUT2D eigenvalue weighted by molar-refractivity contribution is -0.155. The zero-order chi connectivity index (χ0) is 18.2. The van der Waals surface area contributed by atoms with Crippen LogP contribution in [0, 0.1) is 5.92 Å². The van der Waals surface area contributed by atoms with Gasteiger partial charge in [0, 0.05) is 45.3 Å². The van der Waals surface area contributed by atoms with Crippen molar-refractivity contribution >= 4 is 11.9 Å². The third-order valence-electron chi connectivity index (χ3n) is 5.38. The van der Waals surface area contributed by atoms with Crippen LogP contribution in [0.25, 0.3) is 0 Å². The predicted octanol–water partition coefficient (Wildman–Crippen LogP) is -0.711. The summed E-state index contributed by atoms with van der Waals surface area (Å²) in [4.78, 5) is 27.8. The normalized spacial score (nSPS) is 26.8. The molecule has 2 N–H and O–H groups in total. The number of nitrogens with zero attached hydrogens (tertiary/aromatic N) is 5. The molecule has 0 bridgehead atoms. The highest BCUT2D eigenvalue weighted by atomic mass is 16.4. The van der Waals surface area contributed by atoms with Gasteiger partial charge < -0.3 is 20.0 Å². The standard InChI is InChI=1S/C16H25N5O4/c1-19-5-3-16(25,4-6-19)15(24)21-8-11(7-14(22)23)12(9-21)13-10-20(2)18-17-13/h10-12,25H,3-9H2,1-2H3,(H,22,23)/t11-,12+/m1/s1. The van der Waals surface area contributed by atoms with Crippen LogP contribution in [0.3, 0.4) is 0 Å². The van der Waals surface area contributed by atoms with E-state index in [4.69, 9.17) is 0 Å². The molecule has 1 amide bonds. The summed E-state index contributed by atoms with van der Waals surface area (Å²) in [5.74, 6) is -1.59. The second-order valence-electron chi connectivity index (χ2n) is 7.33. The first kappa shape index (κ1) is 17.8. The SMILES string of the molecule is CN1CCC(O)(C(=O)N2C[C@@H](CC(=O)O)[C@@H](c3cn(C)nn3)C2)CC1. The fourth-order valence-electron chi connectivity index (χ4n) is 3.84. The van der Waals surface area contributed by atoms with Crippen LogP contribution in [0.15, 0.2) is 6.20 Å². The molecule has 2 fully saturated rings. The van der Waals surface area contributed by atoms with Gasteiger partial charge in [0.15, 0.2) is 0 Å². The van der Waals surface area contributed by atoms with E-state index in [1.54, 1.807) is 22.8 Å². The second-order valence-corrected chi connectivity index (χ2v) is 7.33. The van der Waals surface area contributed by atoms with E-state index in [2.05, 4.69) is 15.2 Å². The minimum absolute atomic E-state index is 0.0355. The Morgan fingerprint density at radius 2 is 1.96 bits per heavy atom. The molecule has 2 atom stereocenters. The number of carboxylic acid groups (broad SMARTS) is 1. The van der Waals surface area contributed by atoms with Gasteiger partial charge in [-0.05, 0) is 25.8 Å². The van der Waals surface area contributed by atoms with E-state index in [9.17, 15) is 19.8 Å². The third kappa shape index (κ3) is 3.67. The first-order chi connectivity index (χ1) is 11.8. The van der Waals surface area contributed by atoms with E-state index >= 15 is 0 Å². The summed E-state index contributed by atoms with van der Waals surface area (Å²) in [7, 11) is 3.72. The van der Waals surface area contributed by atoms with Crippen LogP contribution < -0.4 is 0 Å². The van der Waals surface area contributed by atoms with Crippen molar-refractivity contribution in [1.82, 2.24) is 24.8 Å². The monoisotopic (exact) mass is 351 g/mol. The fourth-order valence-corrected chi connectivity index (χ4v) is 3.84. The minimum atomic E-state index is -1.35. The number of amides is 1. The van der Waals surface area contributed by atoms with Crippen LogP contribution in [0.1, 0.15) is 30.9 Å². The molecule has 0 aromatic carbocycles. The van der Waals surface area contributed by atoms with E-state index in [1.807, 2.05) is 7.05 Å². The first-order valence-electron chi connectivity index (χ1n) is 8.57. The molecule has 138 valence electrons. The summed E-state index contributed by atoms with van der Waals surface area (Å²) in [5, 5.41) is 28.0. The molecule has 9 nitrogen and oxygen atoms in total. The average molecular weight is 351 g/mol. The van der Waals surface area contributed by atoms with Gasteiger partial charge in [0.2, 0.25) is 0 Å². The molecule has 25 heavy (non-hydrogen) atoms. The van der Waals surface area contributed by atoms with Gasteiger partial charge in [-0.1, -0.05) is 5.21 Å². The van der Waals surface area contributed by atoms with Crippen LogP contribution in [0.5, 0.6) is 0 Å². The van der Waals surface area contributed by atoms with Crippen LogP contribution >= 0.6 is 0 Å². The maximum absolute atomic E-state index is 12.9. The van der Waals surface area contributed by atoms with Crippen LogP contribution in [-0.4, -0.2) is 85.7 Å². The Labute approximate surface area is 146 Å². The highest BCUT2D eigenvalue weighted by molar-refractivity contribution is 5.85. The van der Waals surface area contributed by atoms with Gasteiger partial charge in [-0.2, -0.15) is 0 Å². The lowest BCUT2D eigenvalue weighted by Gasteiger charge is -2.37. The molecule has 2 aliphatic heterocycles. The Hall–Kier alpha value is -2.00. The van der Waals surface area contributed by atoms with Crippen molar-refractivity contribution in [2.24, 2.45) is 13.0 Å². The molecule has 3 rings (SSSR count). The van der Waals surface area contributed by atoms with E-state index in [-0.39, 0.29) is 24.2 Å². The van der Waals surface area contributed by atoms with Crippen LogP contribution in [0.2, 0.25) is 0 Å². The van der Waals surface area contributed by atoms with Gasteiger partial charge in [0.25, 0.3) is 5.91 Å². The van der Waals surface area contributed by atoms with Crippen molar-refractivity contribution in [1.29, 1.82) is 0 Å². The van der Waals surface area contributed by atoms with Crippen molar-refractivity contribution in [2.45, 2.75) is 30.8 Å². The van der Waals surface area contributed by atoms with Gasteiger partial charge in [0.1, 0.15) is 5.60 Å². The average Bonchev–Trinajstić information content (AvgIpc) is 3.15. The van der Waals surface area contributed by atoms with E-state index in [0.717, 1.165) is 0 Å². The largest absolute Gasteiger partial charge is 0.481 e. The minimum Gasteiger partial charge on any atom is -0.481 e. The Kier molecular flexibility index (Phi) is 4.79. The second kappa shape index (κ2) is 6.72. The number of carbonyl (C=O) groups is 2. The number of piperidine rings is 1. The zero-order valence-corrected chi connectivity index (χ0v) is 14.6. The van der Waals surface area contributed by atoms with Crippen molar-refractivity contribution in [3.8, 4) is 0 Å². The number of hydrogen-bond acceptors (Lipinski definition) is 6. The summed E-state index contributed by atoms with van der Waals surface area (Å²) >= 11 is 0. The molecule has 0 unspecified atom stereocenters. The molecule has 0 spiro atoms. The Morgan fingerprint density at radius 3 is 2.52 bits per heavy atom. The number of rotatable bonds is 4. The van der Waals surface area contributed by atoms with Gasteiger partial charge in [0.05, 0.1) is 12.1 Å². The van der Waals surface area contributed by atoms with Gasteiger partial charge in [-0.15, -0.1) is 5.10 Å². The molecule has 0 radical (unpaired) electrons. The van der Waals surface area contributed by atoms with Crippen molar-refractivity contribution < 1.29 is 19.8 Å². The molecule has 0 aliphatic carbocycles. The number of hydrogen-bond donors (Lipinski definition) is 2. The molecule has 2 aliphatic rings. The van der Waals surface area contributed by atoms with Gasteiger partial charge in [-0.25, -0.2) is 0 Å². The zero-order valence-electron chi connectivity index (χ0n) is 14.6. The number of aliphatic carboxylic acids is 1. The summed E-state index contributed by atoms with van der Waals surface area (Å²) in [5.41, 5.74) is -0.656. The van der Waals surface area contributed by atoms with E-state index < -0.39 is 11.6 Å². The van der Waals surface area contributed by atoms with Crippen LogP contribution in [-0.2, 0) is 16.6 Å². The molecule has 3 heterocycles. The number of aliphatic hydroxyl groups is 1. The number of likely N-dealkylation sites (tertiary alicyclic amines) is 2. The summed E-state index contributed by atoms with van der Waals surface area (Å²) in [6.07, 6.45) is 2.53. The number of aryl methyl sites for hydroxylation is 1. The van der Waals surface area contributed by atoms with E-state index in [0.29, 0.717) is 44.7 Å². The summed E-state index contributed by atoms with van der Waals surface area (Å²) in [6, 6.07) is 0. The maximum Gasteiger partial charge on any atom is 0.303 e. The third-order valence-corrected chi connectivity index (χ3v) is 5.38. The summed E-state index contributed by atoms with van der Waals surface area (Å²) in [6.45, 7) is 2.03. The molecule has 0 saturated carbocycles. The molecule has 2 saturated heterocycles. The lowest BCUT2D eigenvalue weighted by atomic mass is 9.90. The quantitative estimate of drug-likeness (QED) is 0.737. The molecular weight excluding hydrogens is 326 g/mol. The van der Waals surface area contributed by atoms with E-state index in [1.165, 1.54) is 0 Å². The highest BCUT2D eigenvalue weighted by Gasteiger charge is 2.46. The van der Waals surface area contributed by atoms with Crippen molar-refractivity contribution in [3.05, 3.63) is 11.9 Å². The van der Waals surface area contributed by atoms with Gasteiger partial charge in [-0.3, -0.25) is 14.3 Å². The Morgan fingerprint density at radius 1 is 1.28 bits per heavy atom. The predicted molar refractivity (Wildman–Crippen MR) is 87.7 cm³/mol. The Bertz CT molecular complexity index is 653. The Balaban J connectivity index is 1.76. The molecule has 1 aromatic rings. The maximum atomic E-state index is 12.9. The van der Waals surface area contributed by atoms with Gasteiger partial charge >= 0.3 is 5.97 Å². The fraction of sp³-hybridized carbons (Fsp3) is 0.750. The number of aromatic nitrogens is 3. The number of carboxylic acids is 1. The van der Waals surface area contributed by atoms with Crippen LogP contribution in [0.4, 0.5) is 0 Å². The lowest BCUT2D eigenvalue weighted by Crippen LogP contribution is -2.54. The topological polar surface area (TPSA) is 112 Å². The number of carbonyl (C=O) groups excluding carboxylic acids is 1. The molecule has 9 heteroatoms. The smallest absolute Gasteiger partial charge is 0.303 e. The first-order valence-corrected chi connectivity index (χ1v) is 8.57. The molecular formula is C16H25N5O4. The van der Waals surface area contributed by atoms with Crippen molar-refractivity contribution in [3.63, 3.8) is 0 Å². The molecule has 1 aromatic heterocycles. The summed E-state index contributed by atoms with van der Waals surface area (Å²) < 4.78 is 1.57. The highest BCUT2D eigenvalue weighted by Crippen LogP contribution is 2.36. The van der Waals surface area contributed by atoms with Crippen molar-refractivity contribution in [2.75, 3.05) is 33.2 Å².